The van der Waals surface area contributed by atoms with Gasteiger partial charge in [-0.3, -0.25) is 0 Å². The van der Waals surface area contributed by atoms with Gasteiger partial charge in [0.2, 0.25) is 0 Å². The Morgan fingerprint density at radius 1 is 0.900 bits per heavy atom. The van der Waals surface area contributed by atoms with Crippen LogP contribution in [0.4, 0.5) is 0 Å². The zero-order chi connectivity index (χ0) is 13.5. The van der Waals surface area contributed by atoms with E-state index in [0.29, 0.717) is 0 Å². The van der Waals surface area contributed by atoms with Gasteiger partial charge in [-0.1, -0.05) is 67.1 Å². The Hall–Kier alpha value is -2.08. The molecule has 20 heavy (non-hydrogen) atoms. The van der Waals surface area contributed by atoms with Gasteiger partial charge >= 0.3 is 0 Å². The maximum absolute atomic E-state index is 2.39. The van der Waals surface area contributed by atoms with Gasteiger partial charge in [-0.15, -0.1) is 0 Å². The molecule has 0 N–H and O–H groups in total. The molecule has 0 unspecified atom stereocenters. The van der Waals surface area contributed by atoms with Crippen LogP contribution >= 0.6 is 0 Å². The van der Waals surface area contributed by atoms with Crippen molar-refractivity contribution in [2.24, 2.45) is 0 Å². The van der Waals surface area contributed by atoms with Crippen LogP contribution in [0.25, 0.3) is 16.7 Å². The van der Waals surface area contributed by atoms with Gasteiger partial charge in [-0.05, 0) is 52.7 Å². The fourth-order valence-corrected chi connectivity index (χ4v) is 3.47. The average Bonchev–Trinajstić information content (AvgIpc) is 3.11. The van der Waals surface area contributed by atoms with E-state index in [0.717, 1.165) is 19.3 Å². The second-order valence-corrected chi connectivity index (χ2v) is 5.67. The Kier molecular flexibility index (Phi) is 2.63. The number of benzene rings is 2. The van der Waals surface area contributed by atoms with Gasteiger partial charge in [0.1, 0.15) is 0 Å². The first kappa shape index (κ1) is 11.7. The summed E-state index contributed by atoms with van der Waals surface area (Å²) in [5, 5.41) is 0. The SMILES string of the molecule is CCC1=CCC(c2cccc3c2Cc2ccccc2-3)=C1. The highest BCUT2D eigenvalue weighted by Gasteiger charge is 2.22. The van der Waals surface area contributed by atoms with Gasteiger partial charge in [0, 0.05) is 0 Å². The van der Waals surface area contributed by atoms with Gasteiger partial charge in [0.05, 0.1) is 0 Å². The van der Waals surface area contributed by atoms with Crippen molar-refractivity contribution in [2.75, 3.05) is 0 Å². The highest BCUT2D eigenvalue weighted by Crippen LogP contribution is 2.41. The molecule has 0 spiro atoms. The van der Waals surface area contributed by atoms with E-state index >= 15 is 0 Å². The average molecular weight is 258 g/mol. The largest absolute Gasteiger partial charge is 0.0769 e. The summed E-state index contributed by atoms with van der Waals surface area (Å²) in [6, 6.07) is 15.6. The van der Waals surface area contributed by atoms with Crippen LogP contribution in [0.2, 0.25) is 0 Å². The van der Waals surface area contributed by atoms with E-state index in [-0.39, 0.29) is 0 Å². The van der Waals surface area contributed by atoms with Crippen molar-refractivity contribution in [3.05, 3.63) is 76.9 Å². The molecule has 0 heterocycles. The van der Waals surface area contributed by atoms with Gasteiger partial charge in [-0.25, -0.2) is 0 Å². The van der Waals surface area contributed by atoms with E-state index in [2.05, 4.69) is 61.5 Å². The predicted molar refractivity (Wildman–Crippen MR) is 85.7 cm³/mol. The van der Waals surface area contributed by atoms with Gasteiger partial charge in [0.15, 0.2) is 0 Å². The lowest BCUT2D eigenvalue weighted by molar-refractivity contribution is 1.15. The molecule has 0 aromatic heterocycles. The highest BCUT2D eigenvalue weighted by molar-refractivity contribution is 5.85. The first-order chi connectivity index (χ1) is 9.86. The molecule has 0 nitrogen and oxygen atoms in total. The Bertz CT molecular complexity index is 744. The lowest BCUT2D eigenvalue weighted by Crippen LogP contribution is -1.90. The molecule has 0 amide bonds. The smallest absolute Gasteiger partial charge is 0.000740 e. The van der Waals surface area contributed by atoms with Crippen molar-refractivity contribution < 1.29 is 0 Å². The highest BCUT2D eigenvalue weighted by atomic mass is 14.3. The number of hydrogen-bond acceptors (Lipinski definition) is 0. The zero-order valence-corrected chi connectivity index (χ0v) is 11.8. The van der Waals surface area contributed by atoms with Gasteiger partial charge in [0.25, 0.3) is 0 Å². The van der Waals surface area contributed by atoms with Crippen LogP contribution in [0, 0.1) is 0 Å². The van der Waals surface area contributed by atoms with Crippen LogP contribution in [-0.4, -0.2) is 0 Å². The maximum atomic E-state index is 2.39. The molecular formula is C20H18. The van der Waals surface area contributed by atoms with E-state index in [1.807, 2.05) is 0 Å². The summed E-state index contributed by atoms with van der Waals surface area (Å²) in [7, 11) is 0. The van der Waals surface area contributed by atoms with E-state index in [1.54, 1.807) is 0 Å². The van der Waals surface area contributed by atoms with E-state index in [4.69, 9.17) is 0 Å². The molecule has 0 bridgehead atoms. The zero-order valence-electron chi connectivity index (χ0n) is 11.8. The molecule has 2 aromatic rings. The Balaban J connectivity index is 1.83. The Morgan fingerprint density at radius 3 is 2.55 bits per heavy atom. The van der Waals surface area contributed by atoms with Crippen molar-refractivity contribution in [3.8, 4) is 11.1 Å². The summed E-state index contributed by atoms with van der Waals surface area (Å²) < 4.78 is 0. The van der Waals surface area contributed by atoms with Crippen LogP contribution in [0.15, 0.2) is 60.2 Å². The molecule has 0 fully saturated rings. The van der Waals surface area contributed by atoms with Crippen LogP contribution in [0.3, 0.4) is 0 Å². The monoisotopic (exact) mass is 258 g/mol. The fourth-order valence-electron chi connectivity index (χ4n) is 3.47. The molecule has 0 atom stereocenters. The van der Waals surface area contributed by atoms with E-state index in [1.165, 1.54) is 39.0 Å². The fraction of sp³-hybridized carbons (Fsp3) is 0.200. The first-order valence-corrected chi connectivity index (χ1v) is 7.47. The minimum Gasteiger partial charge on any atom is -0.0769 e. The molecule has 2 aliphatic carbocycles. The summed E-state index contributed by atoms with van der Waals surface area (Å²) in [5.41, 5.74) is 10.3. The van der Waals surface area contributed by atoms with Crippen molar-refractivity contribution >= 4 is 5.57 Å². The molecule has 0 heteroatoms. The number of hydrogen-bond donors (Lipinski definition) is 0. The summed E-state index contributed by atoms with van der Waals surface area (Å²) >= 11 is 0. The second kappa shape index (κ2) is 4.49. The van der Waals surface area contributed by atoms with Crippen molar-refractivity contribution in [1.82, 2.24) is 0 Å². The third-order valence-electron chi connectivity index (χ3n) is 4.55. The van der Waals surface area contributed by atoms with E-state index in [9.17, 15) is 0 Å². The van der Waals surface area contributed by atoms with Crippen molar-refractivity contribution in [2.45, 2.75) is 26.2 Å². The van der Waals surface area contributed by atoms with Crippen LogP contribution in [0.1, 0.15) is 36.5 Å². The summed E-state index contributed by atoms with van der Waals surface area (Å²) in [4.78, 5) is 0. The van der Waals surface area contributed by atoms with Crippen molar-refractivity contribution in [3.63, 3.8) is 0 Å². The molecule has 0 saturated heterocycles. The minimum absolute atomic E-state index is 1.08. The topological polar surface area (TPSA) is 0 Å². The standard InChI is InChI=1S/C20H18/c1-2-14-10-11-16(12-14)18-8-5-9-19-17-7-4-3-6-15(17)13-20(18)19/h3-10,12H,2,11,13H2,1H3. The molecule has 98 valence electrons. The third-order valence-corrected chi connectivity index (χ3v) is 4.55. The molecular weight excluding hydrogens is 240 g/mol. The lowest BCUT2D eigenvalue weighted by Gasteiger charge is -2.09. The molecule has 0 radical (unpaired) electrons. The number of rotatable bonds is 2. The lowest BCUT2D eigenvalue weighted by atomic mass is 9.95. The predicted octanol–water partition coefficient (Wildman–Crippen LogP) is 5.38. The summed E-state index contributed by atoms with van der Waals surface area (Å²) in [6.07, 6.45) is 8.07. The molecule has 0 saturated carbocycles. The second-order valence-electron chi connectivity index (χ2n) is 5.67. The van der Waals surface area contributed by atoms with Gasteiger partial charge in [-0.2, -0.15) is 0 Å². The van der Waals surface area contributed by atoms with Crippen LogP contribution < -0.4 is 0 Å². The summed E-state index contributed by atoms with van der Waals surface area (Å²) in [6.45, 7) is 2.23. The maximum Gasteiger partial charge on any atom is -0.000740 e. The molecule has 4 rings (SSSR count). The third kappa shape index (κ3) is 1.68. The quantitative estimate of drug-likeness (QED) is 0.578. The van der Waals surface area contributed by atoms with E-state index < -0.39 is 0 Å². The molecule has 2 aromatic carbocycles. The minimum atomic E-state index is 1.08. The van der Waals surface area contributed by atoms with Gasteiger partial charge < -0.3 is 0 Å². The molecule has 0 aliphatic heterocycles. The van der Waals surface area contributed by atoms with Crippen LogP contribution in [0.5, 0.6) is 0 Å². The van der Waals surface area contributed by atoms with Crippen LogP contribution in [-0.2, 0) is 6.42 Å². The van der Waals surface area contributed by atoms with Crippen molar-refractivity contribution in [1.29, 1.82) is 0 Å². The molecule has 2 aliphatic rings. The number of fused-ring (bicyclic) bond motifs is 3. The summed E-state index contributed by atoms with van der Waals surface area (Å²) in [5.74, 6) is 0. The normalized spacial score (nSPS) is 15.7. The Morgan fingerprint density at radius 2 is 1.70 bits per heavy atom. The Labute approximate surface area is 120 Å². The first-order valence-electron chi connectivity index (χ1n) is 7.47. The number of allylic oxidation sites excluding steroid dienone is 4.